The molecule has 2 aromatic carbocycles. The van der Waals surface area contributed by atoms with Crippen molar-refractivity contribution in [3.8, 4) is 5.75 Å². The summed E-state index contributed by atoms with van der Waals surface area (Å²) in [4.78, 5) is 28.0. The Morgan fingerprint density at radius 2 is 1.77 bits per heavy atom. The number of fused-ring (bicyclic) bond motifs is 1. The first-order valence-corrected chi connectivity index (χ1v) is 8.00. The Labute approximate surface area is 150 Å². The second-order valence-corrected chi connectivity index (χ2v) is 5.74. The number of hydrogen-bond acceptors (Lipinski definition) is 5. The minimum absolute atomic E-state index is 0.0893. The maximum Gasteiger partial charge on any atom is 0.340 e. The quantitative estimate of drug-likeness (QED) is 0.714. The van der Waals surface area contributed by atoms with Gasteiger partial charge in [0.15, 0.2) is 0 Å². The van der Waals surface area contributed by atoms with Gasteiger partial charge in [0.05, 0.1) is 23.9 Å². The standard InChI is InChI=1S/C20H18N2O4/c1-12-15-5-3-4-6-16(15)22-17(18(12)20(24)25-2)11-26-14-9-7-13(8-10-14)19(21)23/h3-10H,11H2,1-2H3,(H2,21,23). The molecule has 1 aromatic heterocycles. The van der Waals surface area contributed by atoms with Crippen LogP contribution in [0.1, 0.15) is 32.0 Å². The minimum Gasteiger partial charge on any atom is -0.487 e. The highest BCUT2D eigenvalue weighted by Gasteiger charge is 2.19. The molecule has 2 N–H and O–H groups in total. The molecule has 132 valence electrons. The number of aryl methyl sites for hydroxylation is 1. The molecule has 3 rings (SSSR count). The lowest BCUT2D eigenvalue weighted by atomic mass is 10.0. The second-order valence-electron chi connectivity index (χ2n) is 5.74. The third-order valence-corrected chi connectivity index (χ3v) is 4.13. The van der Waals surface area contributed by atoms with E-state index in [1.165, 1.54) is 7.11 Å². The number of methoxy groups -OCH3 is 1. The molecule has 0 fully saturated rings. The van der Waals surface area contributed by atoms with Gasteiger partial charge in [-0.05, 0) is 42.8 Å². The van der Waals surface area contributed by atoms with Crippen molar-refractivity contribution in [2.45, 2.75) is 13.5 Å². The number of rotatable bonds is 5. The van der Waals surface area contributed by atoms with Crippen LogP contribution in [0.4, 0.5) is 0 Å². The fourth-order valence-corrected chi connectivity index (χ4v) is 2.79. The lowest BCUT2D eigenvalue weighted by molar-refractivity contribution is 0.0596. The summed E-state index contributed by atoms with van der Waals surface area (Å²) in [7, 11) is 1.34. The van der Waals surface area contributed by atoms with Crippen molar-refractivity contribution in [2.75, 3.05) is 7.11 Å². The number of primary amides is 1. The van der Waals surface area contributed by atoms with E-state index in [2.05, 4.69) is 4.98 Å². The molecule has 3 aromatic rings. The summed E-state index contributed by atoms with van der Waals surface area (Å²) in [5, 5.41) is 0.891. The van der Waals surface area contributed by atoms with Crippen molar-refractivity contribution in [3.05, 3.63) is 70.9 Å². The van der Waals surface area contributed by atoms with Crippen molar-refractivity contribution >= 4 is 22.8 Å². The summed E-state index contributed by atoms with van der Waals surface area (Å²) >= 11 is 0. The highest BCUT2D eigenvalue weighted by molar-refractivity contribution is 5.98. The van der Waals surface area contributed by atoms with Gasteiger partial charge >= 0.3 is 5.97 Å². The summed E-state index contributed by atoms with van der Waals surface area (Å²) in [5.41, 5.74) is 8.09. The largest absolute Gasteiger partial charge is 0.487 e. The third-order valence-electron chi connectivity index (χ3n) is 4.13. The Morgan fingerprint density at radius 3 is 2.42 bits per heavy atom. The van der Waals surface area contributed by atoms with Gasteiger partial charge < -0.3 is 15.2 Å². The Hall–Kier alpha value is -3.41. The Bertz CT molecular complexity index is 981. The van der Waals surface area contributed by atoms with Gasteiger partial charge in [-0.1, -0.05) is 18.2 Å². The van der Waals surface area contributed by atoms with Crippen molar-refractivity contribution in [2.24, 2.45) is 5.73 Å². The first-order chi connectivity index (χ1) is 12.5. The summed E-state index contributed by atoms with van der Waals surface area (Å²) in [5.74, 6) is -0.418. The van der Waals surface area contributed by atoms with E-state index in [1.807, 2.05) is 31.2 Å². The Morgan fingerprint density at radius 1 is 1.08 bits per heavy atom. The van der Waals surface area contributed by atoms with Crippen molar-refractivity contribution in [1.29, 1.82) is 0 Å². The van der Waals surface area contributed by atoms with Crippen molar-refractivity contribution in [3.63, 3.8) is 0 Å². The molecule has 1 heterocycles. The number of benzene rings is 2. The lowest BCUT2D eigenvalue weighted by Gasteiger charge is -2.14. The van der Waals surface area contributed by atoms with Gasteiger partial charge in [0, 0.05) is 10.9 Å². The summed E-state index contributed by atoms with van der Waals surface area (Å²) in [6.07, 6.45) is 0. The number of esters is 1. The molecule has 0 aliphatic heterocycles. The highest BCUT2D eigenvalue weighted by atomic mass is 16.5. The van der Waals surface area contributed by atoms with E-state index < -0.39 is 11.9 Å². The fourth-order valence-electron chi connectivity index (χ4n) is 2.79. The zero-order chi connectivity index (χ0) is 18.7. The van der Waals surface area contributed by atoms with Crippen LogP contribution in [0, 0.1) is 6.92 Å². The van der Waals surface area contributed by atoms with Crippen LogP contribution < -0.4 is 10.5 Å². The topological polar surface area (TPSA) is 91.5 Å². The molecule has 0 aliphatic carbocycles. The minimum atomic E-state index is -0.503. The van der Waals surface area contributed by atoms with E-state index in [9.17, 15) is 9.59 Å². The van der Waals surface area contributed by atoms with E-state index in [-0.39, 0.29) is 6.61 Å². The molecule has 6 heteroatoms. The number of nitrogens with zero attached hydrogens (tertiary/aromatic N) is 1. The SMILES string of the molecule is COC(=O)c1c(COc2ccc(C(N)=O)cc2)nc2ccccc2c1C. The monoisotopic (exact) mass is 350 g/mol. The van der Waals surface area contributed by atoms with Crippen LogP contribution in [0.2, 0.25) is 0 Å². The fraction of sp³-hybridized carbons (Fsp3) is 0.150. The maximum atomic E-state index is 12.3. The molecule has 6 nitrogen and oxygen atoms in total. The van der Waals surface area contributed by atoms with Crippen LogP contribution in [0.5, 0.6) is 5.75 Å². The number of pyridine rings is 1. The van der Waals surface area contributed by atoms with Gasteiger partial charge in [-0.3, -0.25) is 4.79 Å². The molecular weight excluding hydrogens is 332 g/mol. The lowest BCUT2D eigenvalue weighted by Crippen LogP contribution is -2.13. The molecule has 0 atom stereocenters. The Kier molecular flexibility index (Phi) is 4.84. The number of carbonyl (C=O) groups excluding carboxylic acids is 2. The zero-order valence-corrected chi connectivity index (χ0v) is 14.5. The van der Waals surface area contributed by atoms with E-state index in [0.717, 1.165) is 16.5 Å². The smallest absolute Gasteiger partial charge is 0.340 e. The number of carbonyl (C=O) groups is 2. The molecule has 0 spiro atoms. The van der Waals surface area contributed by atoms with Gasteiger partial charge in [-0.15, -0.1) is 0 Å². The average molecular weight is 350 g/mol. The normalized spacial score (nSPS) is 10.5. The predicted molar refractivity (Wildman–Crippen MR) is 97.1 cm³/mol. The van der Waals surface area contributed by atoms with Crippen LogP contribution in [0.15, 0.2) is 48.5 Å². The van der Waals surface area contributed by atoms with E-state index in [4.69, 9.17) is 15.2 Å². The van der Waals surface area contributed by atoms with Crippen molar-refractivity contribution in [1.82, 2.24) is 4.98 Å². The number of ether oxygens (including phenoxy) is 2. The van der Waals surface area contributed by atoms with Crippen LogP contribution in [0.25, 0.3) is 10.9 Å². The van der Waals surface area contributed by atoms with Crippen LogP contribution in [0.3, 0.4) is 0 Å². The van der Waals surface area contributed by atoms with Gasteiger partial charge in [-0.2, -0.15) is 0 Å². The van der Waals surface area contributed by atoms with E-state index in [1.54, 1.807) is 24.3 Å². The van der Waals surface area contributed by atoms with Gasteiger partial charge in [0.1, 0.15) is 12.4 Å². The molecular formula is C20H18N2O4. The summed E-state index contributed by atoms with van der Waals surface area (Å²) in [6.45, 7) is 1.95. The number of aromatic nitrogens is 1. The first kappa shape index (κ1) is 17.4. The van der Waals surface area contributed by atoms with Gasteiger partial charge in [-0.25, -0.2) is 9.78 Å². The molecule has 0 saturated carbocycles. The zero-order valence-electron chi connectivity index (χ0n) is 14.5. The van der Waals surface area contributed by atoms with E-state index in [0.29, 0.717) is 22.6 Å². The number of hydrogen-bond donors (Lipinski definition) is 1. The van der Waals surface area contributed by atoms with Gasteiger partial charge in [0.2, 0.25) is 5.91 Å². The molecule has 0 unspecified atom stereocenters. The molecule has 0 bridgehead atoms. The van der Waals surface area contributed by atoms with Crippen molar-refractivity contribution < 1.29 is 19.1 Å². The van der Waals surface area contributed by atoms with E-state index >= 15 is 0 Å². The maximum absolute atomic E-state index is 12.3. The molecule has 26 heavy (non-hydrogen) atoms. The third kappa shape index (κ3) is 3.35. The van der Waals surface area contributed by atoms with Crippen LogP contribution >= 0.6 is 0 Å². The predicted octanol–water partition coefficient (Wildman–Crippen LogP) is 3.01. The van der Waals surface area contributed by atoms with Crippen LogP contribution in [-0.4, -0.2) is 24.0 Å². The summed E-state index contributed by atoms with van der Waals surface area (Å²) < 4.78 is 10.7. The first-order valence-electron chi connectivity index (χ1n) is 8.00. The molecule has 0 aliphatic rings. The van der Waals surface area contributed by atoms with Crippen LogP contribution in [-0.2, 0) is 11.3 Å². The number of amides is 1. The number of para-hydroxylation sites is 1. The molecule has 0 saturated heterocycles. The Balaban J connectivity index is 1.95. The molecule has 1 amide bonds. The summed E-state index contributed by atoms with van der Waals surface area (Å²) in [6, 6.07) is 14.0. The number of nitrogens with two attached hydrogens (primary N) is 1. The molecule has 0 radical (unpaired) electrons. The van der Waals surface area contributed by atoms with Gasteiger partial charge in [0.25, 0.3) is 0 Å². The highest BCUT2D eigenvalue weighted by Crippen LogP contribution is 2.25. The second kappa shape index (κ2) is 7.23. The average Bonchev–Trinajstić information content (AvgIpc) is 2.66.